The molecule has 0 aliphatic carbocycles. The van der Waals surface area contributed by atoms with Gasteiger partial charge in [0.25, 0.3) is 0 Å². The zero-order valence-corrected chi connectivity index (χ0v) is 9.66. The van der Waals surface area contributed by atoms with Crippen LogP contribution in [0.25, 0.3) is 0 Å². The lowest BCUT2D eigenvalue weighted by Crippen LogP contribution is -2.15. The standard InChI is InChI=1S/C12H18FNO2/c1-3-6-16-12-5-4-10(7-11(12)13)14-8-9(2)15/h4-5,7,9,14-15H,3,6,8H2,1-2H3. The van der Waals surface area contributed by atoms with Gasteiger partial charge in [-0.3, -0.25) is 0 Å². The molecule has 1 aromatic carbocycles. The molecule has 16 heavy (non-hydrogen) atoms. The Balaban J connectivity index is 2.59. The van der Waals surface area contributed by atoms with Gasteiger partial charge in [0, 0.05) is 18.3 Å². The molecule has 1 aromatic rings. The fourth-order valence-corrected chi connectivity index (χ4v) is 1.21. The number of aliphatic hydroxyl groups excluding tert-OH is 1. The topological polar surface area (TPSA) is 41.5 Å². The third-order valence-corrected chi connectivity index (χ3v) is 2.00. The summed E-state index contributed by atoms with van der Waals surface area (Å²) < 4.78 is 18.7. The van der Waals surface area contributed by atoms with E-state index in [1.165, 1.54) is 6.07 Å². The van der Waals surface area contributed by atoms with Gasteiger partial charge in [0.1, 0.15) is 0 Å². The van der Waals surface area contributed by atoms with Crippen LogP contribution in [-0.2, 0) is 0 Å². The van der Waals surface area contributed by atoms with Crippen molar-refractivity contribution in [2.45, 2.75) is 26.4 Å². The van der Waals surface area contributed by atoms with Crippen LogP contribution in [0.5, 0.6) is 5.75 Å². The molecule has 0 spiro atoms. The second-order valence-corrected chi connectivity index (χ2v) is 3.72. The van der Waals surface area contributed by atoms with Crippen LogP contribution in [0.2, 0.25) is 0 Å². The van der Waals surface area contributed by atoms with Gasteiger partial charge in [-0.1, -0.05) is 6.92 Å². The molecule has 1 rings (SSSR count). The minimum Gasteiger partial charge on any atom is -0.491 e. The van der Waals surface area contributed by atoms with Crippen LogP contribution >= 0.6 is 0 Å². The molecule has 0 aromatic heterocycles. The fraction of sp³-hybridized carbons (Fsp3) is 0.500. The van der Waals surface area contributed by atoms with Crippen molar-refractivity contribution in [2.24, 2.45) is 0 Å². The quantitative estimate of drug-likeness (QED) is 0.784. The third-order valence-electron chi connectivity index (χ3n) is 2.00. The molecule has 0 heterocycles. The van der Waals surface area contributed by atoms with Gasteiger partial charge < -0.3 is 15.2 Å². The molecule has 2 N–H and O–H groups in total. The van der Waals surface area contributed by atoms with Crippen LogP contribution in [0, 0.1) is 5.82 Å². The molecule has 0 bridgehead atoms. The van der Waals surface area contributed by atoms with Crippen molar-refractivity contribution in [3.8, 4) is 5.75 Å². The van der Waals surface area contributed by atoms with Crippen molar-refractivity contribution in [3.63, 3.8) is 0 Å². The second-order valence-electron chi connectivity index (χ2n) is 3.72. The maximum atomic E-state index is 13.5. The van der Waals surface area contributed by atoms with Crippen molar-refractivity contribution in [1.82, 2.24) is 0 Å². The van der Waals surface area contributed by atoms with E-state index in [1.54, 1.807) is 19.1 Å². The lowest BCUT2D eigenvalue weighted by molar-refractivity contribution is 0.208. The summed E-state index contributed by atoms with van der Waals surface area (Å²) in [5, 5.41) is 12.0. The van der Waals surface area contributed by atoms with E-state index in [0.29, 0.717) is 18.8 Å². The van der Waals surface area contributed by atoms with E-state index in [0.717, 1.165) is 6.42 Å². The SMILES string of the molecule is CCCOc1ccc(NCC(C)O)cc1F. The minimum atomic E-state index is -0.459. The Bertz CT molecular complexity index is 329. The van der Waals surface area contributed by atoms with Crippen molar-refractivity contribution >= 4 is 5.69 Å². The molecule has 0 aliphatic heterocycles. The highest BCUT2D eigenvalue weighted by Gasteiger charge is 2.04. The van der Waals surface area contributed by atoms with Crippen molar-refractivity contribution < 1.29 is 14.2 Å². The van der Waals surface area contributed by atoms with E-state index < -0.39 is 6.10 Å². The highest BCUT2D eigenvalue weighted by molar-refractivity contribution is 5.47. The maximum absolute atomic E-state index is 13.5. The van der Waals surface area contributed by atoms with Gasteiger partial charge in [0.15, 0.2) is 11.6 Å². The zero-order valence-electron chi connectivity index (χ0n) is 9.66. The first kappa shape index (κ1) is 12.8. The second kappa shape index (κ2) is 6.33. The van der Waals surface area contributed by atoms with E-state index in [9.17, 15) is 4.39 Å². The van der Waals surface area contributed by atoms with Crippen LogP contribution in [0.1, 0.15) is 20.3 Å². The van der Waals surface area contributed by atoms with E-state index in [1.807, 2.05) is 6.92 Å². The third kappa shape index (κ3) is 4.06. The van der Waals surface area contributed by atoms with Gasteiger partial charge >= 0.3 is 0 Å². The van der Waals surface area contributed by atoms with Crippen LogP contribution in [-0.4, -0.2) is 24.4 Å². The van der Waals surface area contributed by atoms with Crippen molar-refractivity contribution in [1.29, 1.82) is 0 Å². The Hall–Kier alpha value is -1.29. The summed E-state index contributed by atoms with van der Waals surface area (Å²) in [6.07, 6.45) is 0.389. The Labute approximate surface area is 95.2 Å². The van der Waals surface area contributed by atoms with Crippen molar-refractivity contribution in [3.05, 3.63) is 24.0 Å². The lowest BCUT2D eigenvalue weighted by atomic mass is 10.2. The molecular formula is C12H18FNO2. The number of halogens is 1. The number of hydrogen-bond donors (Lipinski definition) is 2. The summed E-state index contributed by atoms with van der Waals surface area (Å²) in [6.45, 7) is 4.55. The molecule has 3 nitrogen and oxygen atoms in total. The summed E-state index contributed by atoms with van der Waals surface area (Å²) in [6, 6.07) is 4.69. The molecule has 0 aliphatic rings. The zero-order chi connectivity index (χ0) is 12.0. The summed E-state index contributed by atoms with van der Waals surface area (Å²) in [5.41, 5.74) is 0.641. The van der Waals surface area contributed by atoms with Crippen LogP contribution in [0.4, 0.5) is 10.1 Å². The highest BCUT2D eigenvalue weighted by atomic mass is 19.1. The molecule has 0 saturated carbocycles. The summed E-state index contributed by atoms with van der Waals surface area (Å²) in [5.74, 6) is -0.117. The van der Waals surface area contributed by atoms with Crippen LogP contribution in [0.15, 0.2) is 18.2 Å². The molecule has 0 fully saturated rings. The van der Waals surface area contributed by atoms with Gasteiger partial charge in [-0.05, 0) is 25.5 Å². The normalized spacial score (nSPS) is 12.2. The van der Waals surface area contributed by atoms with Crippen LogP contribution < -0.4 is 10.1 Å². The van der Waals surface area contributed by atoms with E-state index in [2.05, 4.69) is 5.32 Å². The lowest BCUT2D eigenvalue weighted by Gasteiger charge is -2.10. The number of rotatable bonds is 6. The first-order chi connectivity index (χ1) is 7.63. The number of anilines is 1. The molecule has 1 atom stereocenters. The first-order valence-electron chi connectivity index (χ1n) is 5.47. The highest BCUT2D eigenvalue weighted by Crippen LogP contribution is 2.21. The average molecular weight is 227 g/mol. The Kier molecular flexibility index (Phi) is 5.05. The number of ether oxygens (including phenoxy) is 1. The number of nitrogens with one attached hydrogen (secondary N) is 1. The van der Waals surface area contributed by atoms with Gasteiger partial charge in [0.2, 0.25) is 0 Å². The number of benzene rings is 1. The molecule has 90 valence electrons. The van der Waals surface area contributed by atoms with Gasteiger partial charge in [0.05, 0.1) is 12.7 Å². The average Bonchev–Trinajstić information content (AvgIpc) is 2.25. The predicted molar refractivity (Wildman–Crippen MR) is 62.4 cm³/mol. The Morgan fingerprint density at radius 3 is 2.81 bits per heavy atom. The van der Waals surface area contributed by atoms with Crippen LogP contribution in [0.3, 0.4) is 0 Å². The Morgan fingerprint density at radius 2 is 2.25 bits per heavy atom. The summed E-state index contributed by atoms with van der Waals surface area (Å²) in [4.78, 5) is 0. The minimum absolute atomic E-state index is 0.268. The molecule has 0 radical (unpaired) electrons. The molecule has 4 heteroatoms. The molecule has 0 saturated heterocycles. The van der Waals surface area contributed by atoms with E-state index in [-0.39, 0.29) is 11.6 Å². The number of hydrogen-bond acceptors (Lipinski definition) is 3. The van der Waals surface area contributed by atoms with Gasteiger partial charge in [-0.2, -0.15) is 0 Å². The Morgan fingerprint density at radius 1 is 1.50 bits per heavy atom. The van der Waals surface area contributed by atoms with E-state index in [4.69, 9.17) is 9.84 Å². The van der Waals surface area contributed by atoms with Gasteiger partial charge in [-0.15, -0.1) is 0 Å². The first-order valence-corrected chi connectivity index (χ1v) is 5.47. The largest absolute Gasteiger partial charge is 0.491 e. The smallest absolute Gasteiger partial charge is 0.167 e. The van der Waals surface area contributed by atoms with Crippen molar-refractivity contribution in [2.75, 3.05) is 18.5 Å². The van der Waals surface area contributed by atoms with Gasteiger partial charge in [-0.25, -0.2) is 4.39 Å². The predicted octanol–water partition coefficient (Wildman–Crippen LogP) is 2.41. The molecule has 1 unspecified atom stereocenters. The molecule has 0 amide bonds. The monoisotopic (exact) mass is 227 g/mol. The number of aliphatic hydroxyl groups is 1. The summed E-state index contributed by atoms with van der Waals surface area (Å²) in [7, 11) is 0. The fourth-order valence-electron chi connectivity index (χ4n) is 1.21. The van der Waals surface area contributed by atoms with E-state index >= 15 is 0 Å². The molecular weight excluding hydrogens is 209 g/mol. The maximum Gasteiger partial charge on any atom is 0.167 e. The summed E-state index contributed by atoms with van der Waals surface area (Å²) >= 11 is 0.